The molecule has 0 unspecified atom stereocenters. The van der Waals surface area contributed by atoms with Gasteiger partial charge < -0.3 is 4.74 Å². The highest BCUT2D eigenvalue weighted by molar-refractivity contribution is 6.33. The number of halogens is 2. The minimum atomic E-state index is -0.279. The van der Waals surface area contributed by atoms with Crippen LogP contribution in [-0.2, 0) is 0 Å². The van der Waals surface area contributed by atoms with Gasteiger partial charge in [-0.3, -0.25) is 4.98 Å². The van der Waals surface area contributed by atoms with Gasteiger partial charge in [0, 0.05) is 18.0 Å². The zero-order valence-corrected chi connectivity index (χ0v) is 12.6. The highest BCUT2D eigenvalue weighted by Crippen LogP contribution is 2.40. The Morgan fingerprint density at radius 3 is 2.23 bits per heavy atom. The average Bonchev–Trinajstić information content (AvgIpc) is 2.55. The Hall–Kier alpha value is -2.39. The first-order chi connectivity index (χ1) is 10.7. The molecule has 1 heterocycles. The summed E-state index contributed by atoms with van der Waals surface area (Å²) in [5.41, 5.74) is 3.62. The Labute approximate surface area is 133 Å². The van der Waals surface area contributed by atoms with E-state index >= 15 is 0 Å². The van der Waals surface area contributed by atoms with Crippen molar-refractivity contribution < 1.29 is 9.13 Å². The van der Waals surface area contributed by atoms with Gasteiger partial charge in [0.25, 0.3) is 0 Å². The molecule has 0 N–H and O–H groups in total. The van der Waals surface area contributed by atoms with Gasteiger partial charge in [0.1, 0.15) is 11.6 Å². The molecule has 110 valence electrons. The lowest BCUT2D eigenvalue weighted by Crippen LogP contribution is -1.91. The third kappa shape index (κ3) is 2.81. The third-order valence-corrected chi connectivity index (χ3v) is 3.70. The molecule has 1 aromatic heterocycles. The number of nitrogens with zero attached hydrogens (tertiary/aromatic N) is 1. The Morgan fingerprint density at radius 1 is 0.909 bits per heavy atom. The van der Waals surface area contributed by atoms with Crippen molar-refractivity contribution in [2.45, 2.75) is 0 Å². The number of pyridine rings is 1. The molecule has 2 aromatic carbocycles. The predicted octanol–water partition coefficient (Wildman–Crippen LogP) is 5.22. The van der Waals surface area contributed by atoms with Crippen LogP contribution < -0.4 is 4.74 Å². The van der Waals surface area contributed by atoms with Crippen LogP contribution in [0.3, 0.4) is 0 Å². The van der Waals surface area contributed by atoms with Gasteiger partial charge in [0.05, 0.1) is 12.1 Å². The molecule has 0 atom stereocenters. The fourth-order valence-corrected chi connectivity index (χ4v) is 2.65. The van der Waals surface area contributed by atoms with E-state index in [4.69, 9.17) is 16.3 Å². The third-order valence-electron chi connectivity index (χ3n) is 3.42. The number of benzene rings is 2. The quantitative estimate of drug-likeness (QED) is 0.661. The molecule has 3 aromatic rings. The van der Waals surface area contributed by atoms with E-state index in [1.54, 1.807) is 31.6 Å². The lowest BCUT2D eigenvalue weighted by atomic mass is 9.98. The molecule has 0 fully saturated rings. The van der Waals surface area contributed by atoms with Crippen molar-refractivity contribution in [3.05, 3.63) is 71.8 Å². The van der Waals surface area contributed by atoms with E-state index in [1.165, 1.54) is 12.1 Å². The Morgan fingerprint density at radius 2 is 1.59 bits per heavy atom. The first-order valence-corrected chi connectivity index (χ1v) is 7.10. The summed E-state index contributed by atoms with van der Waals surface area (Å²) in [6.07, 6.45) is 3.45. The number of ether oxygens (including phenoxy) is 1. The van der Waals surface area contributed by atoms with Crippen LogP contribution in [0, 0.1) is 5.82 Å². The summed E-state index contributed by atoms with van der Waals surface area (Å²) < 4.78 is 18.6. The van der Waals surface area contributed by atoms with Crippen LogP contribution in [0.5, 0.6) is 5.75 Å². The van der Waals surface area contributed by atoms with Crippen LogP contribution in [-0.4, -0.2) is 12.1 Å². The predicted molar refractivity (Wildman–Crippen MR) is 86.6 cm³/mol. The van der Waals surface area contributed by atoms with Gasteiger partial charge in [-0.2, -0.15) is 0 Å². The zero-order valence-electron chi connectivity index (χ0n) is 11.9. The molecule has 0 aliphatic rings. The topological polar surface area (TPSA) is 22.1 Å². The maximum absolute atomic E-state index is 13.1. The Balaban J connectivity index is 2.19. The smallest absolute Gasteiger partial charge is 0.145 e. The fraction of sp³-hybridized carbons (Fsp3) is 0.0556. The summed E-state index contributed by atoms with van der Waals surface area (Å²) in [6, 6.07) is 13.9. The maximum Gasteiger partial charge on any atom is 0.145 e. The van der Waals surface area contributed by atoms with E-state index in [9.17, 15) is 4.39 Å². The summed E-state index contributed by atoms with van der Waals surface area (Å²) in [5.74, 6) is 0.296. The molecular formula is C18H13ClFNO. The highest BCUT2D eigenvalue weighted by atomic mass is 35.5. The van der Waals surface area contributed by atoms with Crippen molar-refractivity contribution in [3.8, 4) is 28.0 Å². The molecule has 0 saturated heterocycles. The molecule has 2 nitrogen and oxygen atoms in total. The molecule has 0 saturated carbocycles. The summed E-state index contributed by atoms with van der Waals surface area (Å²) in [6.45, 7) is 0. The molecule has 22 heavy (non-hydrogen) atoms. The lowest BCUT2D eigenvalue weighted by molar-refractivity contribution is 0.416. The van der Waals surface area contributed by atoms with Crippen LogP contribution in [0.15, 0.2) is 60.9 Å². The standard InChI is InChI=1S/C18H13ClFNO/c1-22-18-16(13-2-4-15(20)5-3-13)10-14(11-17(18)19)12-6-8-21-9-7-12/h2-11H,1H3. The van der Waals surface area contributed by atoms with E-state index in [0.717, 1.165) is 22.3 Å². The zero-order chi connectivity index (χ0) is 15.5. The molecule has 4 heteroatoms. The van der Waals surface area contributed by atoms with Gasteiger partial charge in [-0.25, -0.2) is 4.39 Å². The van der Waals surface area contributed by atoms with Gasteiger partial charge in [-0.05, 0) is 53.1 Å². The van der Waals surface area contributed by atoms with E-state index in [-0.39, 0.29) is 5.82 Å². The summed E-state index contributed by atoms with van der Waals surface area (Å²) in [7, 11) is 1.57. The Bertz CT molecular complexity index is 788. The average molecular weight is 314 g/mol. The second-order valence-electron chi connectivity index (χ2n) is 4.78. The minimum absolute atomic E-state index is 0.279. The number of aromatic nitrogens is 1. The minimum Gasteiger partial charge on any atom is -0.495 e. The number of rotatable bonds is 3. The van der Waals surface area contributed by atoms with Crippen molar-refractivity contribution in [2.24, 2.45) is 0 Å². The van der Waals surface area contributed by atoms with E-state index in [1.807, 2.05) is 24.3 Å². The fourth-order valence-electron chi connectivity index (χ4n) is 2.36. The van der Waals surface area contributed by atoms with Crippen molar-refractivity contribution >= 4 is 11.6 Å². The van der Waals surface area contributed by atoms with Crippen LogP contribution in [0.4, 0.5) is 4.39 Å². The van der Waals surface area contributed by atoms with Crippen LogP contribution in [0.25, 0.3) is 22.3 Å². The Kier molecular flexibility index (Phi) is 4.07. The second kappa shape index (κ2) is 6.16. The second-order valence-corrected chi connectivity index (χ2v) is 5.19. The van der Waals surface area contributed by atoms with Crippen molar-refractivity contribution in [3.63, 3.8) is 0 Å². The van der Waals surface area contributed by atoms with Crippen LogP contribution in [0.2, 0.25) is 5.02 Å². The SMILES string of the molecule is COc1c(Cl)cc(-c2ccncc2)cc1-c1ccc(F)cc1. The molecule has 0 aliphatic carbocycles. The molecule has 0 aliphatic heterocycles. The first-order valence-electron chi connectivity index (χ1n) is 6.73. The van der Waals surface area contributed by atoms with Crippen LogP contribution in [0.1, 0.15) is 0 Å². The maximum atomic E-state index is 13.1. The largest absolute Gasteiger partial charge is 0.495 e. The van der Waals surface area contributed by atoms with Gasteiger partial charge in [0.2, 0.25) is 0 Å². The molecule has 0 radical (unpaired) electrons. The molecule has 3 rings (SSSR count). The van der Waals surface area contributed by atoms with Crippen molar-refractivity contribution in [1.29, 1.82) is 0 Å². The van der Waals surface area contributed by atoms with Gasteiger partial charge in [-0.15, -0.1) is 0 Å². The molecule has 0 bridgehead atoms. The van der Waals surface area contributed by atoms with Crippen molar-refractivity contribution in [1.82, 2.24) is 4.98 Å². The number of hydrogen-bond acceptors (Lipinski definition) is 2. The monoisotopic (exact) mass is 313 g/mol. The number of hydrogen-bond donors (Lipinski definition) is 0. The van der Waals surface area contributed by atoms with Crippen LogP contribution >= 0.6 is 11.6 Å². The summed E-state index contributed by atoms with van der Waals surface area (Å²) in [4.78, 5) is 4.02. The normalized spacial score (nSPS) is 10.5. The van der Waals surface area contributed by atoms with Crippen molar-refractivity contribution in [2.75, 3.05) is 7.11 Å². The van der Waals surface area contributed by atoms with E-state index in [2.05, 4.69) is 4.98 Å². The molecule has 0 amide bonds. The van der Waals surface area contributed by atoms with Gasteiger partial charge >= 0.3 is 0 Å². The van der Waals surface area contributed by atoms with Gasteiger partial charge in [-0.1, -0.05) is 23.7 Å². The van der Waals surface area contributed by atoms with E-state index < -0.39 is 0 Å². The number of methoxy groups -OCH3 is 1. The molecular weight excluding hydrogens is 301 g/mol. The van der Waals surface area contributed by atoms with Gasteiger partial charge in [0.15, 0.2) is 0 Å². The first kappa shape index (κ1) is 14.5. The molecule has 0 spiro atoms. The summed E-state index contributed by atoms with van der Waals surface area (Å²) >= 11 is 6.35. The summed E-state index contributed by atoms with van der Waals surface area (Å²) in [5, 5.41) is 0.510. The van der Waals surface area contributed by atoms with E-state index in [0.29, 0.717) is 10.8 Å². The lowest BCUT2D eigenvalue weighted by Gasteiger charge is -2.13. The highest BCUT2D eigenvalue weighted by Gasteiger charge is 2.13.